The minimum Gasteiger partial charge on any atom is -0.497 e. The average molecular weight is 1110 g/mol. The molecule has 1 aromatic carbocycles. The molecule has 3 aliphatic rings. The molecule has 4 rings (SSSR count). The summed E-state index contributed by atoms with van der Waals surface area (Å²) in [6, 6.07) is -2.19. The molecule has 13 atom stereocenters. The van der Waals surface area contributed by atoms with Crippen LogP contribution in [-0.2, 0) is 63.8 Å². The molecule has 4 unspecified atom stereocenters. The number of ketones is 1. The van der Waals surface area contributed by atoms with Crippen LogP contribution in [-0.4, -0.2) is 190 Å². The third-order valence-electron chi connectivity index (χ3n) is 15.5. The van der Waals surface area contributed by atoms with Gasteiger partial charge < -0.3 is 60.0 Å². The zero-order chi connectivity index (χ0) is 59.3. The van der Waals surface area contributed by atoms with E-state index in [-0.39, 0.29) is 57.0 Å². The SMILES string of the molecule is CC[C@H](C)[C@H]1NC(=O)C(NC(=O)[C@@H](CC(C)C)N(C)C(=O)[C@@H]2CCCN2C(=O)C(C)O)[C@@H](C)OC(=O)[C@H](Cc2ccc(OC)cc2)N(C)C(=O)C2CCCN2C(=O)[C@H](CC(C)C)NC(=O)C(C)C(=O)[C@H](C(C)C)OC(=O)C[C@@H]1O. The molecular weight excluding hydrogens is 1020 g/mol. The van der Waals surface area contributed by atoms with Gasteiger partial charge in [0.15, 0.2) is 11.9 Å². The van der Waals surface area contributed by atoms with Gasteiger partial charge >= 0.3 is 11.9 Å². The highest BCUT2D eigenvalue weighted by molar-refractivity contribution is 6.05. The van der Waals surface area contributed by atoms with Crippen LogP contribution >= 0.6 is 0 Å². The summed E-state index contributed by atoms with van der Waals surface area (Å²) >= 11 is 0. The van der Waals surface area contributed by atoms with Crippen molar-refractivity contribution in [3.8, 4) is 5.75 Å². The lowest BCUT2D eigenvalue weighted by Gasteiger charge is -2.36. The molecular formula is C57H89N7O15. The zero-order valence-corrected chi connectivity index (χ0v) is 48.8. The Balaban J connectivity index is 1.89. The first-order valence-corrected chi connectivity index (χ1v) is 28.0. The number of hydrogen-bond acceptors (Lipinski definition) is 15. The summed E-state index contributed by atoms with van der Waals surface area (Å²) in [4.78, 5) is 149. The molecule has 22 heteroatoms. The fourth-order valence-corrected chi connectivity index (χ4v) is 10.5. The van der Waals surface area contributed by atoms with E-state index in [1.54, 1.807) is 52.0 Å². The number of fused-ring (bicyclic) bond motifs is 1. The number of nitrogens with one attached hydrogen (secondary N) is 3. The number of rotatable bonds is 15. The average Bonchev–Trinajstić information content (AvgIpc) is 4.13. The third-order valence-corrected chi connectivity index (χ3v) is 15.5. The Morgan fingerprint density at radius 2 is 1.49 bits per heavy atom. The number of carbonyl (C=O) groups is 10. The molecule has 0 aliphatic carbocycles. The van der Waals surface area contributed by atoms with E-state index in [0.29, 0.717) is 30.6 Å². The topological polar surface area (TPSA) is 288 Å². The Labute approximate surface area is 465 Å². The summed E-state index contributed by atoms with van der Waals surface area (Å²) in [5.74, 6) is -10.3. The Hall–Kier alpha value is -6.16. The smallest absolute Gasteiger partial charge is 0.329 e. The first-order valence-electron chi connectivity index (χ1n) is 28.0. The van der Waals surface area contributed by atoms with Crippen LogP contribution in [0.4, 0.5) is 0 Å². The van der Waals surface area contributed by atoms with Crippen LogP contribution in [0.3, 0.4) is 0 Å². The highest BCUT2D eigenvalue weighted by Gasteiger charge is 2.46. The van der Waals surface area contributed by atoms with Gasteiger partial charge in [-0.25, -0.2) is 4.79 Å². The fraction of sp³-hybridized carbons (Fsp3) is 0.719. The number of benzene rings is 1. The normalized spacial score (nSPS) is 27.7. The molecule has 0 aromatic heterocycles. The predicted molar refractivity (Wildman–Crippen MR) is 290 cm³/mol. The van der Waals surface area contributed by atoms with Crippen LogP contribution in [0.15, 0.2) is 24.3 Å². The number of aliphatic hydroxyl groups is 2. The van der Waals surface area contributed by atoms with Gasteiger partial charge in [0.25, 0.3) is 5.91 Å². The van der Waals surface area contributed by atoms with Crippen LogP contribution in [0, 0.1) is 29.6 Å². The first-order chi connectivity index (χ1) is 37.0. The van der Waals surface area contributed by atoms with E-state index in [9.17, 15) is 53.4 Å². The molecule has 79 heavy (non-hydrogen) atoms. The highest BCUT2D eigenvalue weighted by atomic mass is 16.6. The monoisotopic (exact) mass is 1110 g/mol. The summed E-state index contributed by atoms with van der Waals surface area (Å²) in [6.45, 7) is 18.4. The van der Waals surface area contributed by atoms with Crippen molar-refractivity contribution in [1.82, 2.24) is 35.6 Å². The van der Waals surface area contributed by atoms with E-state index in [1.807, 2.05) is 27.7 Å². The number of amides is 7. The number of cyclic esters (lactones) is 2. The number of esters is 2. The van der Waals surface area contributed by atoms with Gasteiger partial charge in [0.2, 0.25) is 35.4 Å². The molecule has 7 amide bonds. The van der Waals surface area contributed by atoms with Crippen molar-refractivity contribution in [1.29, 1.82) is 0 Å². The van der Waals surface area contributed by atoms with Crippen molar-refractivity contribution < 1.29 is 72.4 Å². The van der Waals surface area contributed by atoms with Gasteiger partial charge in [-0.3, -0.25) is 43.2 Å². The van der Waals surface area contributed by atoms with Gasteiger partial charge in [-0.15, -0.1) is 0 Å². The summed E-state index contributed by atoms with van der Waals surface area (Å²) in [5.41, 5.74) is 0.571. The minimum atomic E-state index is -1.76. The molecule has 0 radical (unpaired) electrons. The lowest BCUT2D eigenvalue weighted by Crippen LogP contribution is -2.62. The quantitative estimate of drug-likeness (QED) is 0.124. The van der Waals surface area contributed by atoms with E-state index in [4.69, 9.17) is 14.2 Å². The van der Waals surface area contributed by atoms with Crippen LogP contribution in [0.1, 0.15) is 133 Å². The van der Waals surface area contributed by atoms with E-state index in [0.717, 1.165) is 0 Å². The number of nitrogens with zero attached hydrogens (tertiary/aromatic N) is 4. The van der Waals surface area contributed by atoms with Crippen molar-refractivity contribution >= 4 is 59.1 Å². The molecule has 442 valence electrons. The highest BCUT2D eigenvalue weighted by Crippen LogP contribution is 2.27. The van der Waals surface area contributed by atoms with E-state index in [2.05, 4.69) is 16.0 Å². The van der Waals surface area contributed by atoms with Gasteiger partial charge in [-0.2, -0.15) is 0 Å². The Morgan fingerprint density at radius 1 is 0.861 bits per heavy atom. The zero-order valence-electron chi connectivity index (χ0n) is 48.8. The lowest BCUT2D eigenvalue weighted by atomic mass is 9.91. The number of aliphatic hydroxyl groups excluding tert-OH is 2. The molecule has 3 saturated heterocycles. The maximum absolute atomic E-state index is 15.0. The lowest BCUT2D eigenvalue weighted by molar-refractivity contribution is -0.163. The Morgan fingerprint density at radius 3 is 2.06 bits per heavy atom. The van der Waals surface area contributed by atoms with Gasteiger partial charge in [0, 0.05) is 33.6 Å². The third kappa shape index (κ3) is 16.9. The van der Waals surface area contributed by atoms with Crippen LogP contribution < -0.4 is 20.7 Å². The van der Waals surface area contributed by atoms with Crippen molar-refractivity contribution in [3.63, 3.8) is 0 Å². The van der Waals surface area contributed by atoms with Crippen molar-refractivity contribution in [2.75, 3.05) is 34.3 Å². The van der Waals surface area contributed by atoms with Gasteiger partial charge in [-0.1, -0.05) is 73.9 Å². The van der Waals surface area contributed by atoms with Gasteiger partial charge in [0.1, 0.15) is 54.2 Å². The number of hydrogen-bond donors (Lipinski definition) is 5. The van der Waals surface area contributed by atoms with Gasteiger partial charge in [0.05, 0.1) is 31.6 Å². The van der Waals surface area contributed by atoms with Crippen molar-refractivity contribution in [2.45, 2.75) is 201 Å². The second-order valence-electron chi connectivity index (χ2n) is 23.0. The van der Waals surface area contributed by atoms with Crippen LogP contribution in [0.2, 0.25) is 0 Å². The minimum absolute atomic E-state index is 0.0720. The van der Waals surface area contributed by atoms with E-state index >= 15 is 4.79 Å². The first kappa shape index (κ1) is 65.4. The molecule has 3 heterocycles. The molecule has 3 fully saturated rings. The number of Topliss-reactive ketones (excluding diaryl/α,β-unsaturated/α-hetero) is 1. The molecule has 5 N–H and O–H groups in total. The van der Waals surface area contributed by atoms with E-state index in [1.165, 1.54) is 61.6 Å². The molecule has 0 bridgehead atoms. The van der Waals surface area contributed by atoms with Crippen molar-refractivity contribution in [2.24, 2.45) is 29.6 Å². The van der Waals surface area contributed by atoms with Crippen LogP contribution in [0.25, 0.3) is 0 Å². The number of methoxy groups -OCH3 is 1. The number of ether oxygens (including phenoxy) is 3. The summed E-state index contributed by atoms with van der Waals surface area (Å²) in [5, 5.41) is 30.2. The Bertz CT molecular complexity index is 2330. The standard InChI is InChI=1S/C57H89N7O15/c1-15-33(8)46-44(66)29-45(67)79-49(32(6)7)48(68)34(9)50(69)58-39(26-30(2)3)54(73)64-25-17-19-41(64)56(75)62(13)43(28-37-20-22-38(77-14)23-21-37)57(76)78-36(11)47(52(71)59-46)60-51(70)42(27-31(4)5)61(12)55(74)40-18-16-24-63(40)53(72)35(10)65/h20-23,30-36,39-44,46-47,49,65-66H,15-19,24-29H2,1-14H3,(H,58,69)(H,59,71)(H,60,70)/t33-,34?,35?,36+,39-,40-,41?,42+,43-,44-,46+,47?,49-/m0/s1. The summed E-state index contributed by atoms with van der Waals surface area (Å²) < 4.78 is 17.2. The molecule has 0 saturated carbocycles. The second-order valence-corrected chi connectivity index (χ2v) is 23.0. The number of likely N-dealkylation sites (tertiary alicyclic amines) is 1. The summed E-state index contributed by atoms with van der Waals surface area (Å²) in [6.07, 6.45) is -4.99. The maximum Gasteiger partial charge on any atom is 0.329 e. The predicted octanol–water partition coefficient (Wildman–Crippen LogP) is 2.32. The Kier molecular flexibility index (Phi) is 24.3. The molecule has 1 aromatic rings. The maximum atomic E-state index is 15.0. The molecule has 3 aliphatic heterocycles. The van der Waals surface area contributed by atoms with Crippen molar-refractivity contribution in [3.05, 3.63) is 29.8 Å². The van der Waals surface area contributed by atoms with Crippen LogP contribution in [0.5, 0.6) is 5.75 Å². The molecule has 22 nitrogen and oxygen atoms in total. The number of likely N-dealkylation sites (N-methyl/N-ethyl adjacent to an activating group) is 2. The van der Waals surface area contributed by atoms with Gasteiger partial charge in [-0.05, 0) is 101 Å². The fourth-order valence-electron chi connectivity index (χ4n) is 10.5. The largest absolute Gasteiger partial charge is 0.497 e. The second kappa shape index (κ2) is 29.3. The summed E-state index contributed by atoms with van der Waals surface area (Å²) in [7, 11) is 4.29. The van der Waals surface area contributed by atoms with E-state index < -0.39 is 150 Å². The molecule has 0 spiro atoms. The number of carbonyl (C=O) groups excluding carboxylic acids is 10.